The normalized spacial score (nSPS) is 32.5. The molecule has 132 valence electrons. The van der Waals surface area contributed by atoms with Gasteiger partial charge in [0, 0.05) is 0 Å². The number of epoxide rings is 2. The van der Waals surface area contributed by atoms with Crippen LogP contribution in [-0.4, -0.2) is 66.2 Å². The number of allylic oxidation sites excluding steroid dienone is 1. The van der Waals surface area contributed by atoms with Crippen LogP contribution in [0.5, 0.6) is 0 Å². The van der Waals surface area contributed by atoms with Crippen molar-refractivity contribution in [2.75, 3.05) is 26.3 Å². The lowest BCUT2D eigenvalue weighted by Crippen LogP contribution is -2.66. The molecule has 0 spiro atoms. The first-order chi connectivity index (χ1) is 11.4. The fourth-order valence-electron chi connectivity index (χ4n) is 3.38. The minimum absolute atomic E-state index is 0.120. The lowest BCUT2D eigenvalue weighted by molar-refractivity contribution is -0.160. The Balaban J connectivity index is 1.95. The third kappa shape index (κ3) is 3.10. The highest BCUT2D eigenvalue weighted by Crippen LogP contribution is 2.40. The van der Waals surface area contributed by atoms with E-state index in [4.69, 9.17) is 9.47 Å². The van der Waals surface area contributed by atoms with Gasteiger partial charge in [0.15, 0.2) is 0 Å². The molecule has 0 saturated carbocycles. The van der Waals surface area contributed by atoms with E-state index in [0.29, 0.717) is 19.6 Å². The second kappa shape index (κ2) is 6.29. The minimum Gasteiger partial charge on any atom is -0.371 e. The maximum atomic E-state index is 13.1. The lowest BCUT2D eigenvalue weighted by atomic mass is 9.73. The number of ether oxygens (including phenoxy) is 2. The number of barbiturate groups is 1. The fraction of sp³-hybridized carbons (Fsp3) is 0.706. The summed E-state index contributed by atoms with van der Waals surface area (Å²) in [6.45, 7) is 9.11. The second-order valence-electron chi connectivity index (χ2n) is 7.20. The van der Waals surface area contributed by atoms with Gasteiger partial charge < -0.3 is 9.47 Å². The molecule has 7 nitrogen and oxygen atoms in total. The summed E-state index contributed by atoms with van der Waals surface area (Å²) in [7, 11) is 0. The van der Waals surface area contributed by atoms with Gasteiger partial charge in [0.2, 0.25) is 11.8 Å². The third-order valence-electron chi connectivity index (χ3n) is 4.60. The standard InChI is InChI=1S/C17H24N2O5/c1-4-5-17(6-11(2)3)14(20)18(7-12-9-23-12)16(22)19(15(17)21)8-13-10-24-13/h4,11-13H,1,5-10H2,2-3H3. The fourth-order valence-corrected chi connectivity index (χ4v) is 3.38. The predicted molar refractivity (Wildman–Crippen MR) is 85.0 cm³/mol. The van der Waals surface area contributed by atoms with Crippen LogP contribution in [-0.2, 0) is 19.1 Å². The molecule has 0 bridgehead atoms. The predicted octanol–water partition coefficient (Wildman–Crippen LogP) is 1.18. The largest absolute Gasteiger partial charge is 0.371 e. The number of urea groups is 1. The van der Waals surface area contributed by atoms with Crippen molar-refractivity contribution in [2.45, 2.75) is 38.9 Å². The Labute approximate surface area is 141 Å². The Morgan fingerprint density at radius 2 is 1.58 bits per heavy atom. The number of rotatable bonds is 8. The first kappa shape index (κ1) is 17.1. The van der Waals surface area contributed by atoms with Gasteiger partial charge in [-0.15, -0.1) is 6.58 Å². The lowest BCUT2D eigenvalue weighted by Gasteiger charge is -2.44. The zero-order valence-corrected chi connectivity index (χ0v) is 14.2. The molecule has 0 aromatic heterocycles. The van der Waals surface area contributed by atoms with Gasteiger partial charge in [-0.3, -0.25) is 19.4 Å². The van der Waals surface area contributed by atoms with E-state index in [1.165, 1.54) is 9.80 Å². The van der Waals surface area contributed by atoms with Gasteiger partial charge in [-0.1, -0.05) is 19.9 Å². The first-order valence-corrected chi connectivity index (χ1v) is 8.41. The number of hydrogen-bond acceptors (Lipinski definition) is 5. The van der Waals surface area contributed by atoms with Crippen LogP contribution in [0.1, 0.15) is 26.7 Å². The molecule has 3 saturated heterocycles. The van der Waals surface area contributed by atoms with Crippen LogP contribution in [0.15, 0.2) is 12.7 Å². The zero-order valence-electron chi connectivity index (χ0n) is 14.2. The van der Waals surface area contributed by atoms with E-state index in [1.807, 2.05) is 13.8 Å². The van der Waals surface area contributed by atoms with E-state index in [9.17, 15) is 14.4 Å². The molecule has 2 unspecified atom stereocenters. The molecule has 2 atom stereocenters. The van der Waals surface area contributed by atoms with Crippen molar-refractivity contribution in [2.24, 2.45) is 11.3 Å². The Morgan fingerprint density at radius 3 is 1.92 bits per heavy atom. The molecule has 7 heteroatoms. The van der Waals surface area contributed by atoms with Gasteiger partial charge in [-0.25, -0.2) is 4.79 Å². The van der Waals surface area contributed by atoms with E-state index < -0.39 is 23.3 Å². The number of carbonyl (C=O) groups is 3. The highest BCUT2D eigenvalue weighted by Gasteiger charge is 2.57. The molecule has 3 heterocycles. The van der Waals surface area contributed by atoms with Crippen molar-refractivity contribution in [3.8, 4) is 0 Å². The Morgan fingerprint density at radius 1 is 1.12 bits per heavy atom. The molecule has 3 aliphatic rings. The number of imide groups is 2. The number of amides is 4. The SMILES string of the molecule is C=CCC1(CC(C)C)C(=O)N(CC2CO2)C(=O)N(CC2CO2)C1=O. The summed E-state index contributed by atoms with van der Waals surface area (Å²) in [5, 5.41) is 0. The van der Waals surface area contributed by atoms with Crippen molar-refractivity contribution in [3.63, 3.8) is 0 Å². The quantitative estimate of drug-likeness (QED) is 0.378. The second-order valence-corrected chi connectivity index (χ2v) is 7.20. The van der Waals surface area contributed by atoms with Gasteiger partial charge >= 0.3 is 6.03 Å². The van der Waals surface area contributed by atoms with Crippen LogP contribution < -0.4 is 0 Å². The third-order valence-corrected chi connectivity index (χ3v) is 4.60. The smallest absolute Gasteiger partial charge is 0.333 e. The Bertz CT molecular complexity index is 529. The molecule has 0 aliphatic carbocycles. The molecule has 0 aromatic rings. The van der Waals surface area contributed by atoms with Gasteiger partial charge in [0.1, 0.15) is 5.41 Å². The van der Waals surface area contributed by atoms with Crippen molar-refractivity contribution < 1.29 is 23.9 Å². The van der Waals surface area contributed by atoms with E-state index in [2.05, 4.69) is 6.58 Å². The molecule has 24 heavy (non-hydrogen) atoms. The topological polar surface area (TPSA) is 82.8 Å². The minimum atomic E-state index is -1.26. The summed E-state index contributed by atoms with van der Waals surface area (Å²) in [4.78, 5) is 41.4. The number of hydrogen-bond donors (Lipinski definition) is 0. The summed E-state index contributed by atoms with van der Waals surface area (Å²) < 4.78 is 10.4. The molecule has 3 rings (SSSR count). The summed E-state index contributed by atoms with van der Waals surface area (Å²) in [5.41, 5.74) is -1.26. The summed E-state index contributed by atoms with van der Waals surface area (Å²) >= 11 is 0. The van der Waals surface area contributed by atoms with E-state index >= 15 is 0 Å². The van der Waals surface area contributed by atoms with Gasteiger partial charge in [0.25, 0.3) is 0 Å². The molecule has 4 amide bonds. The van der Waals surface area contributed by atoms with E-state index in [0.717, 1.165) is 0 Å². The van der Waals surface area contributed by atoms with Crippen molar-refractivity contribution in [3.05, 3.63) is 12.7 Å². The van der Waals surface area contributed by atoms with Crippen LogP contribution in [0.4, 0.5) is 4.79 Å². The molecule has 0 aromatic carbocycles. The molecule has 0 radical (unpaired) electrons. The number of carbonyl (C=O) groups excluding carboxylic acids is 3. The van der Waals surface area contributed by atoms with Crippen molar-refractivity contribution in [1.29, 1.82) is 0 Å². The monoisotopic (exact) mass is 336 g/mol. The first-order valence-electron chi connectivity index (χ1n) is 8.41. The van der Waals surface area contributed by atoms with Gasteiger partial charge in [-0.2, -0.15) is 0 Å². The van der Waals surface area contributed by atoms with E-state index in [1.54, 1.807) is 6.08 Å². The summed E-state index contributed by atoms with van der Waals surface area (Å²) in [6, 6.07) is -0.556. The maximum absolute atomic E-state index is 13.1. The van der Waals surface area contributed by atoms with Crippen molar-refractivity contribution in [1.82, 2.24) is 9.80 Å². The molecule has 3 aliphatic heterocycles. The molecular formula is C17H24N2O5. The van der Waals surface area contributed by atoms with Crippen LogP contribution >= 0.6 is 0 Å². The van der Waals surface area contributed by atoms with Crippen LogP contribution in [0.25, 0.3) is 0 Å². The Kier molecular flexibility index (Phi) is 4.48. The van der Waals surface area contributed by atoms with Crippen molar-refractivity contribution >= 4 is 17.8 Å². The maximum Gasteiger partial charge on any atom is 0.333 e. The zero-order chi connectivity index (χ0) is 17.5. The molecule has 3 fully saturated rings. The highest BCUT2D eigenvalue weighted by atomic mass is 16.6. The average Bonchev–Trinajstić information content (AvgIpc) is 3.41. The Hall–Kier alpha value is -1.73. The molecule has 0 N–H and O–H groups in total. The van der Waals surface area contributed by atoms with Gasteiger partial charge in [-0.05, 0) is 18.8 Å². The van der Waals surface area contributed by atoms with E-state index in [-0.39, 0.29) is 37.6 Å². The molecular weight excluding hydrogens is 312 g/mol. The summed E-state index contributed by atoms with van der Waals surface area (Å²) in [5.74, 6) is -0.715. The number of nitrogens with zero attached hydrogens (tertiary/aromatic N) is 2. The average molecular weight is 336 g/mol. The highest BCUT2D eigenvalue weighted by molar-refractivity contribution is 6.19. The van der Waals surface area contributed by atoms with Crippen LogP contribution in [0.3, 0.4) is 0 Å². The van der Waals surface area contributed by atoms with Gasteiger partial charge in [0.05, 0.1) is 38.5 Å². The van der Waals surface area contributed by atoms with Crippen LogP contribution in [0.2, 0.25) is 0 Å². The summed E-state index contributed by atoms with van der Waals surface area (Å²) in [6.07, 6.45) is 1.95. The van der Waals surface area contributed by atoms with Crippen LogP contribution in [0, 0.1) is 11.3 Å².